The smallest absolute Gasteiger partial charge is 0.275 e. The standard InChI is InChI=1S/C15H24N2O4/c1-3-5-7-20-8-9-21-15-11-13(16-6-4-2)10-14(12-15)17(18)19/h10-12,16H,3-9H2,1-2H3. The van der Waals surface area contributed by atoms with E-state index in [4.69, 9.17) is 9.47 Å². The van der Waals surface area contributed by atoms with E-state index in [1.807, 2.05) is 6.92 Å². The molecule has 0 unspecified atom stereocenters. The Labute approximate surface area is 125 Å². The summed E-state index contributed by atoms with van der Waals surface area (Å²) in [5, 5.41) is 14.1. The Morgan fingerprint density at radius 2 is 1.95 bits per heavy atom. The molecule has 6 nitrogen and oxygen atoms in total. The maximum atomic E-state index is 10.9. The van der Waals surface area contributed by atoms with Crippen LogP contribution in [0.1, 0.15) is 33.1 Å². The fraction of sp³-hybridized carbons (Fsp3) is 0.600. The summed E-state index contributed by atoms with van der Waals surface area (Å²) in [6.07, 6.45) is 3.07. The number of rotatable bonds is 11. The molecular formula is C15H24N2O4. The second-order valence-electron chi connectivity index (χ2n) is 4.71. The maximum absolute atomic E-state index is 10.9. The summed E-state index contributed by atoms with van der Waals surface area (Å²) in [6.45, 7) is 6.50. The summed E-state index contributed by atoms with van der Waals surface area (Å²) >= 11 is 0. The highest BCUT2D eigenvalue weighted by Crippen LogP contribution is 2.26. The zero-order chi connectivity index (χ0) is 15.5. The number of ether oxygens (including phenoxy) is 2. The van der Waals surface area contributed by atoms with Gasteiger partial charge in [0.1, 0.15) is 12.4 Å². The molecule has 0 radical (unpaired) electrons. The normalized spacial score (nSPS) is 10.4. The van der Waals surface area contributed by atoms with E-state index < -0.39 is 4.92 Å². The van der Waals surface area contributed by atoms with E-state index in [1.54, 1.807) is 6.07 Å². The van der Waals surface area contributed by atoms with Crippen molar-refractivity contribution in [3.8, 4) is 5.75 Å². The van der Waals surface area contributed by atoms with E-state index in [9.17, 15) is 10.1 Å². The van der Waals surface area contributed by atoms with Crippen LogP contribution in [0.25, 0.3) is 0 Å². The molecule has 6 heteroatoms. The number of non-ortho nitro benzene ring substituents is 1. The van der Waals surface area contributed by atoms with Crippen molar-refractivity contribution in [3.05, 3.63) is 28.3 Å². The van der Waals surface area contributed by atoms with Crippen molar-refractivity contribution >= 4 is 11.4 Å². The number of nitrogens with one attached hydrogen (secondary N) is 1. The molecule has 0 saturated heterocycles. The Hall–Kier alpha value is -1.82. The highest BCUT2D eigenvalue weighted by atomic mass is 16.6. The van der Waals surface area contributed by atoms with Crippen molar-refractivity contribution in [3.63, 3.8) is 0 Å². The third-order valence-electron chi connectivity index (χ3n) is 2.82. The Bertz CT molecular complexity index is 438. The molecule has 0 spiro atoms. The van der Waals surface area contributed by atoms with Gasteiger partial charge in [-0.1, -0.05) is 20.3 Å². The van der Waals surface area contributed by atoms with Crippen LogP contribution in [0.2, 0.25) is 0 Å². The number of nitro benzene ring substituents is 1. The molecule has 0 aromatic heterocycles. The van der Waals surface area contributed by atoms with Crippen molar-refractivity contribution in [2.75, 3.05) is 31.7 Å². The molecule has 0 fully saturated rings. The van der Waals surface area contributed by atoms with Gasteiger partial charge in [-0.15, -0.1) is 0 Å². The molecule has 0 aliphatic carbocycles. The first-order chi connectivity index (χ1) is 10.2. The fourth-order valence-corrected chi connectivity index (χ4v) is 1.71. The number of nitro groups is 1. The number of unbranched alkanes of at least 4 members (excludes halogenated alkanes) is 1. The Kier molecular flexibility index (Phi) is 8.19. The molecule has 0 saturated carbocycles. The van der Waals surface area contributed by atoms with Gasteiger partial charge in [0.25, 0.3) is 5.69 Å². The van der Waals surface area contributed by atoms with Crippen LogP contribution in [0.4, 0.5) is 11.4 Å². The molecule has 118 valence electrons. The van der Waals surface area contributed by atoms with Crippen LogP contribution in [0, 0.1) is 10.1 Å². The van der Waals surface area contributed by atoms with E-state index in [0.29, 0.717) is 24.7 Å². The third kappa shape index (κ3) is 6.94. The minimum atomic E-state index is -0.415. The number of hydrogen-bond acceptors (Lipinski definition) is 5. The summed E-state index contributed by atoms with van der Waals surface area (Å²) in [7, 11) is 0. The second kappa shape index (κ2) is 9.99. The molecule has 1 aromatic rings. The lowest BCUT2D eigenvalue weighted by Crippen LogP contribution is -2.08. The minimum absolute atomic E-state index is 0.0259. The zero-order valence-electron chi connectivity index (χ0n) is 12.8. The Morgan fingerprint density at radius 1 is 1.14 bits per heavy atom. The average molecular weight is 296 g/mol. The highest BCUT2D eigenvalue weighted by molar-refractivity contribution is 5.56. The van der Waals surface area contributed by atoms with Gasteiger partial charge in [0.2, 0.25) is 0 Å². The van der Waals surface area contributed by atoms with Crippen LogP contribution in [0.5, 0.6) is 5.75 Å². The van der Waals surface area contributed by atoms with Gasteiger partial charge in [0.05, 0.1) is 17.6 Å². The fourth-order valence-electron chi connectivity index (χ4n) is 1.71. The molecule has 0 atom stereocenters. The van der Waals surface area contributed by atoms with Gasteiger partial charge in [0, 0.05) is 31.0 Å². The quantitative estimate of drug-likeness (QED) is 0.383. The van der Waals surface area contributed by atoms with Gasteiger partial charge in [-0.3, -0.25) is 10.1 Å². The van der Waals surface area contributed by atoms with Crippen molar-refractivity contribution < 1.29 is 14.4 Å². The monoisotopic (exact) mass is 296 g/mol. The van der Waals surface area contributed by atoms with Gasteiger partial charge in [-0.05, 0) is 12.8 Å². The van der Waals surface area contributed by atoms with Gasteiger partial charge in [0.15, 0.2) is 0 Å². The lowest BCUT2D eigenvalue weighted by atomic mass is 10.2. The summed E-state index contributed by atoms with van der Waals surface area (Å²) in [5.74, 6) is 0.488. The Morgan fingerprint density at radius 3 is 2.62 bits per heavy atom. The number of nitrogens with zero attached hydrogens (tertiary/aromatic N) is 1. The van der Waals surface area contributed by atoms with Crippen LogP contribution in [0.3, 0.4) is 0 Å². The van der Waals surface area contributed by atoms with E-state index in [2.05, 4.69) is 12.2 Å². The maximum Gasteiger partial charge on any atom is 0.275 e. The molecule has 0 heterocycles. The van der Waals surface area contributed by atoms with Gasteiger partial charge >= 0.3 is 0 Å². The van der Waals surface area contributed by atoms with Crippen molar-refractivity contribution in [1.82, 2.24) is 0 Å². The Balaban J connectivity index is 2.54. The molecular weight excluding hydrogens is 272 g/mol. The lowest BCUT2D eigenvalue weighted by molar-refractivity contribution is -0.384. The van der Waals surface area contributed by atoms with Crippen LogP contribution in [0.15, 0.2) is 18.2 Å². The summed E-state index contributed by atoms with van der Waals surface area (Å²) < 4.78 is 10.9. The van der Waals surface area contributed by atoms with Crippen molar-refractivity contribution in [1.29, 1.82) is 0 Å². The van der Waals surface area contributed by atoms with Crippen LogP contribution < -0.4 is 10.1 Å². The van der Waals surface area contributed by atoms with Crippen LogP contribution >= 0.6 is 0 Å². The molecule has 1 N–H and O–H groups in total. The number of benzene rings is 1. The predicted octanol–water partition coefficient (Wildman–Crippen LogP) is 3.61. The SMILES string of the molecule is CCCCOCCOc1cc(NCCC)cc([N+](=O)[O-])c1. The molecule has 0 aliphatic heterocycles. The molecule has 0 aliphatic rings. The summed E-state index contributed by atoms with van der Waals surface area (Å²) in [5.41, 5.74) is 0.728. The van der Waals surface area contributed by atoms with Gasteiger partial charge in [-0.2, -0.15) is 0 Å². The number of hydrogen-bond donors (Lipinski definition) is 1. The van der Waals surface area contributed by atoms with E-state index in [1.165, 1.54) is 12.1 Å². The molecule has 1 aromatic carbocycles. The highest BCUT2D eigenvalue weighted by Gasteiger charge is 2.10. The molecule has 0 bridgehead atoms. The van der Waals surface area contributed by atoms with E-state index in [0.717, 1.165) is 32.4 Å². The van der Waals surface area contributed by atoms with Crippen LogP contribution in [-0.4, -0.2) is 31.3 Å². The third-order valence-corrected chi connectivity index (χ3v) is 2.82. The van der Waals surface area contributed by atoms with Gasteiger partial charge < -0.3 is 14.8 Å². The van der Waals surface area contributed by atoms with E-state index >= 15 is 0 Å². The first kappa shape index (κ1) is 17.2. The largest absolute Gasteiger partial charge is 0.491 e. The number of anilines is 1. The average Bonchev–Trinajstić information content (AvgIpc) is 2.48. The zero-order valence-corrected chi connectivity index (χ0v) is 12.8. The molecule has 0 amide bonds. The summed E-state index contributed by atoms with van der Waals surface area (Å²) in [6, 6.07) is 4.72. The minimum Gasteiger partial charge on any atom is -0.491 e. The second-order valence-corrected chi connectivity index (χ2v) is 4.71. The van der Waals surface area contributed by atoms with Crippen molar-refractivity contribution in [2.45, 2.75) is 33.1 Å². The van der Waals surface area contributed by atoms with Crippen LogP contribution in [-0.2, 0) is 4.74 Å². The predicted molar refractivity (Wildman–Crippen MR) is 83.1 cm³/mol. The van der Waals surface area contributed by atoms with Gasteiger partial charge in [-0.25, -0.2) is 0 Å². The van der Waals surface area contributed by atoms with E-state index in [-0.39, 0.29) is 5.69 Å². The topological polar surface area (TPSA) is 73.6 Å². The first-order valence-corrected chi connectivity index (χ1v) is 7.41. The lowest BCUT2D eigenvalue weighted by Gasteiger charge is -2.10. The van der Waals surface area contributed by atoms with Crippen molar-refractivity contribution in [2.24, 2.45) is 0 Å². The first-order valence-electron chi connectivity index (χ1n) is 7.41. The summed E-state index contributed by atoms with van der Waals surface area (Å²) in [4.78, 5) is 10.5. The molecule has 21 heavy (non-hydrogen) atoms. The molecule has 1 rings (SSSR count).